The Balaban J connectivity index is 2.13. The quantitative estimate of drug-likeness (QED) is 0.914. The van der Waals surface area contributed by atoms with Gasteiger partial charge in [-0.1, -0.05) is 6.92 Å². The Morgan fingerprint density at radius 2 is 2.00 bits per heavy atom. The molecule has 1 amide bonds. The Bertz CT molecular complexity index is 543. The first kappa shape index (κ1) is 13.3. The van der Waals surface area contributed by atoms with Crippen molar-refractivity contribution in [2.75, 3.05) is 0 Å². The summed E-state index contributed by atoms with van der Waals surface area (Å²) >= 11 is 0. The lowest BCUT2D eigenvalue weighted by atomic mass is 10.0. The van der Waals surface area contributed by atoms with Crippen LogP contribution in [0.4, 0.5) is 0 Å². The smallest absolute Gasteiger partial charge is 0.251 e. The molecule has 0 bridgehead atoms. The van der Waals surface area contributed by atoms with Crippen molar-refractivity contribution in [1.82, 2.24) is 20.1 Å². The lowest BCUT2D eigenvalue weighted by Gasteiger charge is -2.24. The van der Waals surface area contributed by atoms with E-state index in [0.29, 0.717) is 5.56 Å². The summed E-state index contributed by atoms with van der Waals surface area (Å²) in [4.78, 5) is 16.0. The van der Waals surface area contributed by atoms with Crippen molar-refractivity contribution in [3.05, 3.63) is 42.5 Å². The van der Waals surface area contributed by atoms with Gasteiger partial charge in [0.25, 0.3) is 5.91 Å². The zero-order valence-corrected chi connectivity index (χ0v) is 11.4. The lowest BCUT2D eigenvalue weighted by molar-refractivity contribution is 0.0911. The number of hydrogen-bond donors (Lipinski definition) is 1. The average Bonchev–Trinajstić information content (AvgIpc) is 2.92. The maximum Gasteiger partial charge on any atom is 0.251 e. The van der Waals surface area contributed by atoms with Crippen molar-refractivity contribution in [3.63, 3.8) is 0 Å². The van der Waals surface area contributed by atoms with Crippen LogP contribution in [0.2, 0.25) is 0 Å². The van der Waals surface area contributed by atoms with Crippen molar-refractivity contribution in [2.45, 2.75) is 32.7 Å². The number of nitrogens with zero attached hydrogens (tertiary/aromatic N) is 3. The molecule has 0 fully saturated rings. The molecule has 0 saturated heterocycles. The van der Waals surface area contributed by atoms with Crippen LogP contribution in [0.3, 0.4) is 0 Å². The number of hydrogen-bond acceptors (Lipinski definition) is 3. The second kappa shape index (κ2) is 5.22. The Morgan fingerprint density at radius 1 is 1.32 bits per heavy atom. The van der Waals surface area contributed by atoms with Crippen LogP contribution in [0.1, 0.15) is 37.6 Å². The van der Waals surface area contributed by atoms with Gasteiger partial charge < -0.3 is 5.32 Å². The first-order valence-electron chi connectivity index (χ1n) is 6.29. The molecule has 19 heavy (non-hydrogen) atoms. The van der Waals surface area contributed by atoms with Gasteiger partial charge in [-0.15, -0.1) is 0 Å². The molecule has 100 valence electrons. The van der Waals surface area contributed by atoms with Gasteiger partial charge in [0.15, 0.2) is 0 Å². The Labute approximate surface area is 112 Å². The number of aromatic nitrogens is 3. The van der Waals surface area contributed by atoms with Crippen LogP contribution in [0.25, 0.3) is 5.69 Å². The lowest BCUT2D eigenvalue weighted by Crippen LogP contribution is -2.42. The molecule has 5 heteroatoms. The van der Waals surface area contributed by atoms with Crippen molar-refractivity contribution >= 4 is 5.91 Å². The zero-order chi connectivity index (χ0) is 13.9. The summed E-state index contributed by atoms with van der Waals surface area (Å²) in [6, 6.07) is 7.28. The summed E-state index contributed by atoms with van der Waals surface area (Å²) in [5.41, 5.74) is 1.33. The van der Waals surface area contributed by atoms with Gasteiger partial charge in [0.1, 0.15) is 12.7 Å². The third-order valence-electron chi connectivity index (χ3n) is 3.15. The van der Waals surface area contributed by atoms with Gasteiger partial charge in [0, 0.05) is 11.1 Å². The van der Waals surface area contributed by atoms with Gasteiger partial charge in [-0.25, -0.2) is 9.67 Å². The molecule has 0 unspecified atom stereocenters. The van der Waals surface area contributed by atoms with Gasteiger partial charge in [0.2, 0.25) is 0 Å². The van der Waals surface area contributed by atoms with E-state index in [1.54, 1.807) is 23.1 Å². The van der Waals surface area contributed by atoms with Crippen LogP contribution in [0, 0.1) is 0 Å². The van der Waals surface area contributed by atoms with E-state index in [0.717, 1.165) is 12.1 Å². The molecule has 0 aliphatic carbocycles. The molecule has 1 heterocycles. The number of amides is 1. The summed E-state index contributed by atoms with van der Waals surface area (Å²) < 4.78 is 1.65. The van der Waals surface area contributed by atoms with E-state index in [9.17, 15) is 4.79 Å². The number of rotatable bonds is 4. The summed E-state index contributed by atoms with van der Waals surface area (Å²) in [5.74, 6) is -0.0583. The highest BCUT2D eigenvalue weighted by atomic mass is 16.1. The SMILES string of the molecule is CCC(C)(C)NC(=O)c1ccc(-n2cncn2)cc1. The van der Waals surface area contributed by atoms with Crippen LogP contribution in [-0.4, -0.2) is 26.2 Å². The fraction of sp³-hybridized carbons (Fsp3) is 0.357. The fourth-order valence-corrected chi connectivity index (χ4v) is 1.57. The maximum absolute atomic E-state index is 12.1. The first-order chi connectivity index (χ1) is 9.02. The van der Waals surface area contributed by atoms with Crippen LogP contribution >= 0.6 is 0 Å². The standard InChI is InChI=1S/C14H18N4O/c1-4-14(2,3)17-13(19)11-5-7-12(8-6-11)18-10-15-9-16-18/h5-10H,4H2,1-3H3,(H,17,19). The molecule has 1 aromatic carbocycles. The molecule has 0 saturated carbocycles. The van der Waals surface area contributed by atoms with E-state index >= 15 is 0 Å². The second-order valence-electron chi connectivity index (χ2n) is 5.08. The minimum atomic E-state index is -0.193. The van der Waals surface area contributed by atoms with Crippen LogP contribution < -0.4 is 5.32 Å². The number of nitrogens with one attached hydrogen (secondary N) is 1. The predicted octanol–water partition coefficient (Wildman–Crippen LogP) is 2.19. The van der Waals surface area contributed by atoms with Gasteiger partial charge >= 0.3 is 0 Å². The van der Waals surface area contributed by atoms with E-state index in [1.165, 1.54) is 6.33 Å². The molecule has 0 aliphatic heterocycles. The maximum atomic E-state index is 12.1. The van der Waals surface area contributed by atoms with Crippen LogP contribution in [0.15, 0.2) is 36.9 Å². The molecule has 0 spiro atoms. The second-order valence-corrected chi connectivity index (χ2v) is 5.08. The fourth-order valence-electron chi connectivity index (χ4n) is 1.57. The van der Waals surface area contributed by atoms with Crippen molar-refractivity contribution < 1.29 is 4.79 Å². The molecule has 2 aromatic rings. The Hall–Kier alpha value is -2.17. The third-order valence-corrected chi connectivity index (χ3v) is 3.15. The van der Waals surface area contributed by atoms with Gasteiger partial charge in [-0.3, -0.25) is 4.79 Å². The van der Waals surface area contributed by atoms with E-state index in [-0.39, 0.29) is 11.4 Å². The molecule has 1 aromatic heterocycles. The molecular weight excluding hydrogens is 240 g/mol. The first-order valence-corrected chi connectivity index (χ1v) is 6.29. The molecule has 0 atom stereocenters. The normalized spacial score (nSPS) is 11.3. The van der Waals surface area contributed by atoms with E-state index in [1.807, 2.05) is 32.9 Å². The predicted molar refractivity (Wildman–Crippen MR) is 73.2 cm³/mol. The molecule has 2 rings (SSSR count). The highest BCUT2D eigenvalue weighted by molar-refractivity contribution is 5.94. The highest BCUT2D eigenvalue weighted by Gasteiger charge is 2.18. The molecule has 1 N–H and O–H groups in total. The Kier molecular flexibility index (Phi) is 3.64. The summed E-state index contributed by atoms with van der Waals surface area (Å²) in [6.45, 7) is 6.07. The highest BCUT2D eigenvalue weighted by Crippen LogP contribution is 2.11. The monoisotopic (exact) mass is 258 g/mol. The minimum absolute atomic E-state index is 0.0583. The van der Waals surface area contributed by atoms with Crippen LogP contribution in [0.5, 0.6) is 0 Å². The molecule has 0 radical (unpaired) electrons. The summed E-state index contributed by atoms with van der Waals surface area (Å²) in [6.07, 6.45) is 3.98. The Morgan fingerprint density at radius 3 is 2.53 bits per heavy atom. The summed E-state index contributed by atoms with van der Waals surface area (Å²) in [5, 5.41) is 7.04. The van der Waals surface area contributed by atoms with Gasteiger partial charge in [-0.2, -0.15) is 5.10 Å². The van der Waals surface area contributed by atoms with E-state index in [4.69, 9.17) is 0 Å². The molecule has 0 aliphatic rings. The molecular formula is C14H18N4O. The molecule has 5 nitrogen and oxygen atoms in total. The number of carbonyl (C=O) groups excluding carboxylic acids is 1. The third kappa shape index (κ3) is 3.19. The van der Waals surface area contributed by atoms with Crippen LogP contribution in [-0.2, 0) is 0 Å². The average molecular weight is 258 g/mol. The topological polar surface area (TPSA) is 59.8 Å². The van der Waals surface area contributed by atoms with E-state index < -0.39 is 0 Å². The largest absolute Gasteiger partial charge is 0.347 e. The van der Waals surface area contributed by atoms with Crippen molar-refractivity contribution in [3.8, 4) is 5.69 Å². The number of carbonyl (C=O) groups is 1. The van der Waals surface area contributed by atoms with Crippen molar-refractivity contribution in [1.29, 1.82) is 0 Å². The van der Waals surface area contributed by atoms with Gasteiger partial charge in [-0.05, 0) is 44.5 Å². The van der Waals surface area contributed by atoms with Crippen molar-refractivity contribution in [2.24, 2.45) is 0 Å². The van der Waals surface area contributed by atoms with E-state index in [2.05, 4.69) is 15.4 Å². The zero-order valence-electron chi connectivity index (χ0n) is 11.4. The summed E-state index contributed by atoms with van der Waals surface area (Å²) in [7, 11) is 0. The van der Waals surface area contributed by atoms with Gasteiger partial charge in [0.05, 0.1) is 5.69 Å². The number of benzene rings is 1. The minimum Gasteiger partial charge on any atom is -0.347 e.